The first kappa shape index (κ1) is 22.3. The fourth-order valence-electron chi connectivity index (χ4n) is 5.25. The Kier molecular flexibility index (Phi) is 5.75. The number of aromatic carboxylic acids is 1. The number of carboxylic acids is 1. The number of halogens is 1. The largest absolute Gasteiger partial charge is 0.493 e. The molecule has 4 rings (SSSR count). The van der Waals surface area contributed by atoms with Crippen molar-refractivity contribution in [3.05, 3.63) is 45.5 Å². The summed E-state index contributed by atoms with van der Waals surface area (Å²) in [5.41, 5.74) is -0.339. The maximum Gasteiger partial charge on any atom is 0.341 e. The fourth-order valence-corrected chi connectivity index (χ4v) is 5.25. The van der Waals surface area contributed by atoms with Gasteiger partial charge < -0.3 is 23.9 Å². The Bertz CT molecular complexity index is 1120. The van der Waals surface area contributed by atoms with Gasteiger partial charge in [0.15, 0.2) is 17.3 Å². The van der Waals surface area contributed by atoms with Gasteiger partial charge in [0, 0.05) is 43.9 Å². The van der Waals surface area contributed by atoms with Crippen molar-refractivity contribution in [2.45, 2.75) is 45.1 Å². The lowest BCUT2D eigenvalue weighted by Gasteiger charge is -2.40. The monoisotopic (exact) mass is 445 g/mol. The number of aromatic nitrogens is 1. The van der Waals surface area contributed by atoms with Gasteiger partial charge in [-0.3, -0.25) is 4.79 Å². The van der Waals surface area contributed by atoms with Crippen LogP contribution in [-0.4, -0.2) is 43.1 Å². The Hall–Kier alpha value is -2.87. The van der Waals surface area contributed by atoms with Crippen LogP contribution in [0.2, 0.25) is 0 Å². The molecule has 2 heterocycles. The van der Waals surface area contributed by atoms with Gasteiger partial charge in [-0.15, -0.1) is 0 Å². The Morgan fingerprint density at radius 2 is 2.00 bits per heavy atom. The van der Waals surface area contributed by atoms with Crippen LogP contribution in [0.3, 0.4) is 0 Å². The Balaban J connectivity index is 1.94. The van der Waals surface area contributed by atoms with Gasteiger partial charge in [0.05, 0.1) is 19.4 Å². The van der Waals surface area contributed by atoms with Crippen LogP contribution in [0, 0.1) is 11.2 Å². The molecule has 0 bridgehead atoms. The number of benzene rings is 1. The molecule has 8 heteroatoms. The van der Waals surface area contributed by atoms with Crippen LogP contribution in [0.1, 0.15) is 61.0 Å². The van der Waals surface area contributed by atoms with E-state index in [0.717, 1.165) is 18.4 Å². The van der Waals surface area contributed by atoms with E-state index in [0.29, 0.717) is 36.7 Å². The summed E-state index contributed by atoms with van der Waals surface area (Å²) in [4.78, 5) is 24.2. The lowest BCUT2D eigenvalue weighted by Crippen LogP contribution is -2.34. The second-order valence-electron chi connectivity index (χ2n) is 9.11. The van der Waals surface area contributed by atoms with E-state index in [9.17, 15) is 14.7 Å². The van der Waals surface area contributed by atoms with Crippen molar-refractivity contribution in [1.82, 2.24) is 4.57 Å². The van der Waals surface area contributed by atoms with E-state index in [-0.39, 0.29) is 23.1 Å². The zero-order chi connectivity index (χ0) is 23.2. The van der Waals surface area contributed by atoms with E-state index in [4.69, 9.17) is 14.2 Å². The molecule has 1 aliphatic heterocycles. The van der Waals surface area contributed by atoms with Gasteiger partial charge in [-0.05, 0) is 36.0 Å². The number of ether oxygens (including phenoxy) is 3. The van der Waals surface area contributed by atoms with Crippen molar-refractivity contribution < 1.29 is 28.5 Å². The molecule has 7 nitrogen and oxygen atoms in total. The molecule has 32 heavy (non-hydrogen) atoms. The zero-order valence-electron chi connectivity index (χ0n) is 18.7. The summed E-state index contributed by atoms with van der Waals surface area (Å²) in [7, 11) is 3.14. The lowest BCUT2D eigenvalue weighted by molar-refractivity contribution is 0.0692. The maximum absolute atomic E-state index is 15.4. The smallest absolute Gasteiger partial charge is 0.341 e. The fraction of sp³-hybridized carbons (Fsp3) is 0.500. The SMILES string of the molecule is COCCCOc1cc2c(cc1OC)-c1c(F)c(=O)c(C(=O)O)cn1[C@H]1[C@@H]2CCC1(C)C. The van der Waals surface area contributed by atoms with Crippen molar-refractivity contribution >= 4 is 5.97 Å². The quantitative estimate of drug-likeness (QED) is 0.642. The average molecular weight is 445 g/mol. The average Bonchev–Trinajstić information content (AvgIpc) is 3.08. The van der Waals surface area contributed by atoms with Crippen LogP contribution in [0.4, 0.5) is 4.39 Å². The van der Waals surface area contributed by atoms with Gasteiger partial charge in [-0.1, -0.05) is 13.8 Å². The highest BCUT2D eigenvalue weighted by Crippen LogP contribution is 2.60. The maximum atomic E-state index is 15.4. The summed E-state index contributed by atoms with van der Waals surface area (Å²) in [5, 5.41) is 9.47. The third-order valence-electron chi connectivity index (χ3n) is 6.73. The number of hydrogen-bond acceptors (Lipinski definition) is 5. The predicted octanol–water partition coefficient (Wildman–Crippen LogP) is 4.23. The summed E-state index contributed by atoms with van der Waals surface area (Å²) in [6.07, 6.45) is 3.75. The van der Waals surface area contributed by atoms with Crippen LogP contribution in [0.25, 0.3) is 11.3 Å². The molecule has 1 aliphatic carbocycles. The highest BCUT2D eigenvalue weighted by Gasteiger charge is 2.48. The molecule has 0 unspecified atom stereocenters. The van der Waals surface area contributed by atoms with Crippen molar-refractivity contribution in [3.63, 3.8) is 0 Å². The minimum Gasteiger partial charge on any atom is -0.493 e. The zero-order valence-corrected chi connectivity index (χ0v) is 18.7. The molecule has 1 aromatic carbocycles. The number of pyridine rings is 1. The van der Waals surface area contributed by atoms with Gasteiger partial charge in [-0.25, -0.2) is 9.18 Å². The van der Waals surface area contributed by atoms with Crippen molar-refractivity contribution in [2.75, 3.05) is 27.4 Å². The summed E-state index contributed by atoms with van der Waals surface area (Å²) in [6.45, 7) is 5.19. The van der Waals surface area contributed by atoms with E-state index in [1.807, 2.05) is 6.07 Å². The normalized spacial score (nSPS) is 20.3. The first-order chi connectivity index (χ1) is 15.2. The molecule has 0 amide bonds. The molecule has 2 aliphatic rings. The standard InChI is InChI=1S/C24H28FNO6/c1-24(2)7-6-13-14-10-18(32-9-5-8-30-3)17(31-4)11-15(14)20-19(25)21(27)16(23(28)29)12-26(20)22(13)24/h10-13,22H,5-9H2,1-4H3,(H,28,29)/t13-,22+/m1/s1. The molecule has 1 N–H and O–H groups in total. The number of carboxylic acid groups (broad SMARTS) is 1. The second kappa shape index (κ2) is 8.24. The third-order valence-corrected chi connectivity index (χ3v) is 6.73. The minimum atomic E-state index is -1.43. The van der Waals surface area contributed by atoms with Gasteiger partial charge in [0.25, 0.3) is 0 Å². The molecule has 0 saturated heterocycles. The second-order valence-corrected chi connectivity index (χ2v) is 9.11. The summed E-state index contributed by atoms with van der Waals surface area (Å²) in [5.74, 6) is -1.46. The van der Waals surface area contributed by atoms with Crippen LogP contribution in [0.15, 0.2) is 23.1 Å². The molecular weight excluding hydrogens is 417 g/mol. The number of nitrogens with zero attached hydrogens (tertiary/aromatic N) is 1. The molecular formula is C24H28FNO6. The van der Waals surface area contributed by atoms with E-state index < -0.39 is 22.8 Å². The molecule has 2 aromatic rings. The predicted molar refractivity (Wildman–Crippen MR) is 116 cm³/mol. The summed E-state index contributed by atoms with van der Waals surface area (Å²) in [6, 6.07) is 3.39. The first-order valence-corrected chi connectivity index (χ1v) is 10.7. The highest BCUT2D eigenvalue weighted by molar-refractivity contribution is 5.88. The number of methoxy groups -OCH3 is 2. The molecule has 1 fully saturated rings. The molecule has 0 spiro atoms. The molecule has 1 aromatic heterocycles. The summed E-state index contributed by atoms with van der Waals surface area (Å²) >= 11 is 0. The van der Waals surface area contributed by atoms with E-state index in [2.05, 4.69) is 13.8 Å². The molecule has 2 atom stereocenters. The Labute approximate surface area is 185 Å². The van der Waals surface area contributed by atoms with Gasteiger partial charge in [-0.2, -0.15) is 0 Å². The van der Waals surface area contributed by atoms with Crippen LogP contribution >= 0.6 is 0 Å². The van der Waals surface area contributed by atoms with Gasteiger partial charge >= 0.3 is 5.97 Å². The highest BCUT2D eigenvalue weighted by atomic mass is 19.1. The summed E-state index contributed by atoms with van der Waals surface area (Å²) < 4.78 is 33.6. The molecule has 0 radical (unpaired) electrons. The number of rotatable bonds is 7. The van der Waals surface area contributed by atoms with Crippen molar-refractivity contribution in [1.29, 1.82) is 0 Å². The Morgan fingerprint density at radius 3 is 2.66 bits per heavy atom. The molecule has 172 valence electrons. The van der Waals surface area contributed by atoms with Crippen LogP contribution in [-0.2, 0) is 4.74 Å². The molecule has 1 saturated carbocycles. The van der Waals surface area contributed by atoms with E-state index in [1.165, 1.54) is 13.3 Å². The Morgan fingerprint density at radius 1 is 1.25 bits per heavy atom. The van der Waals surface area contributed by atoms with Crippen LogP contribution < -0.4 is 14.9 Å². The van der Waals surface area contributed by atoms with Crippen molar-refractivity contribution in [2.24, 2.45) is 5.41 Å². The first-order valence-electron chi connectivity index (χ1n) is 10.7. The van der Waals surface area contributed by atoms with E-state index >= 15 is 4.39 Å². The van der Waals surface area contributed by atoms with E-state index in [1.54, 1.807) is 17.7 Å². The number of fused-ring (bicyclic) bond motifs is 6. The van der Waals surface area contributed by atoms with Crippen molar-refractivity contribution in [3.8, 4) is 22.8 Å². The number of carbonyl (C=O) groups is 1. The lowest BCUT2D eigenvalue weighted by atomic mass is 9.77. The van der Waals surface area contributed by atoms with Gasteiger partial charge in [0.1, 0.15) is 5.56 Å². The van der Waals surface area contributed by atoms with Gasteiger partial charge in [0.2, 0.25) is 5.43 Å². The van der Waals surface area contributed by atoms with Crippen LogP contribution in [0.5, 0.6) is 11.5 Å². The number of hydrogen-bond donors (Lipinski definition) is 1. The third kappa shape index (κ3) is 3.46. The minimum absolute atomic E-state index is 0.0308. The topological polar surface area (TPSA) is 87.0 Å².